The topological polar surface area (TPSA) is 57.6 Å². The predicted molar refractivity (Wildman–Crippen MR) is 65.7 cm³/mol. The van der Waals surface area contributed by atoms with E-state index in [0.29, 0.717) is 12.8 Å². The number of hydrogen-bond donors (Lipinski definition) is 1. The van der Waals surface area contributed by atoms with E-state index in [1.54, 1.807) is 0 Å². The Labute approximate surface area is 103 Å². The molecule has 1 unspecified atom stereocenters. The molecular formula is C13H23NO3. The number of carboxylic acids is 1. The van der Waals surface area contributed by atoms with Crippen LogP contribution in [0, 0.1) is 5.41 Å². The molecule has 0 spiro atoms. The van der Waals surface area contributed by atoms with Gasteiger partial charge >= 0.3 is 5.97 Å². The molecule has 0 saturated carbocycles. The zero-order chi connectivity index (χ0) is 13.1. The summed E-state index contributed by atoms with van der Waals surface area (Å²) >= 11 is 0. The summed E-state index contributed by atoms with van der Waals surface area (Å²) in [6, 6.07) is 0.266. The summed E-state index contributed by atoms with van der Waals surface area (Å²) in [5, 5.41) is 9.31. The molecule has 0 aromatic carbocycles. The number of nitrogens with zero attached hydrogens (tertiary/aromatic N) is 1. The summed E-state index contributed by atoms with van der Waals surface area (Å²) in [7, 11) is 0. The van der Waals surface area contributed by atoms with E-state index in [0.717, 1.165) is 19.4 Å². The van der Waals surface area contributed by atoms with Gasteiger partial charge in [0.1, 0.15) is 0 Å². The van der Waals surface area contributed by atoms with E-state index in [4.69, 9.17) is 0 Å². The molecule has 4 nitrogen and oxygen atoms in total. The van der Waals surface area contributed by atoms with Crippen LogP contribution in [0.3, 0.4) is 0 Å². The van der Waals surface area contributed by atoms with Gasteiger partial charge in [0.15, 0.2) is 0 Å². The smallest absolute Gasteiger partial charge is 0.310 e. The number of hydrogen-bond acceptors (Lipinski definition) is 2. The molecule has 4 heteroatoms. The van der Waals surface area contributed by atoms with Gasteiger partial charge in [-0.1, -0.05) is 13.8 Å². The highest BCUT2D eigenvalue weighted by Crippen LogP contribution is 2.33. The molecule has 1 saturated heterocycles. The Morgan fingerprint density at radius 1 is 1.35 bits per heavy atom. The average molecular weight is 241 g/mol. The maximum atomic E-state index is 12.2. The largest absolute Gasteiger partial charge is 0.481 e. The quantitative estimate of drug-likeness (QED) is 0.803. The maximum absolute atomic E-state index is 12.2. The molecule has 1 amide bonds. The number of likely N-dealkylation sites (tertiary alicyclic amines) is 1. The third-order valence-corrected chi connectivity index (χ3v) is 4.17. The lowest BCUT2D eigenvalue weighted by Crippen LogP contribution is -2.40. The lowest BCUT2D eigenvalue weighted by Gasteiger charge is -2.30. The zero-order valence-electron chi connectivity index (χ0n) is 11.0. The second-order valence-corrected chi connectivity index (χ2v) is 5.05. The fraction of sp³-hybridized carbons (Fsp3) is 0.846. The molecule has 1 heterocycles. The highest BCUT2D eigenvalue weighted by atomic mass is 16.4. The Balaban J connectivity index is 2.74. The van der Waals surface area contributed by atoms with Crippen molar-refractivity contribution in [1.82, 2.24) is 4.90 Å². The summed E-state index contributed by atoms with van der Waals surface area (Å²) in [5.41, 5.74) is -0.876. The standard InChI is InChI=1S/C13H23NO3/c1-4-13(5-2,12(16)17)9-11(15)14-8-6-7-10(14)3/h10H,4-9H2,1-3H3,(H,16,17). The van der Waals surface area contributed by atoms with E-state index >= 15 is 0 Å². The predicted octanol–water partition coefficient (Wildman–Crippen LogP) is 2.28. The molecule has 0 aromatic rings. The average Bonchev–Trinajstić information content (AvgIpc) is 2.72. The van der Waals surface area contributed by atoms with Crippen LogP contribution in [0.15, 0.2) is 0 Å². The first-order valence-corrected chi connectivity index (χ1v) is 6.49. The molecule has 1 N–H and O–H groups in total. The fourth-order valence-corrected chi connectivity index (χ4v) is 2.57. The molecule has 0 aliphatic carbocycles. The number of carboxylic acid groups (broad SMARTS) is 1. The minimum atomic E-state index is -0.876. The van der Waals surface area contributed by atoms with Gasteiger partial charge in [0.05, 0.1) is 5.41 Å². The van der Waals surface area contributed by atoms with Crippen LogP contribution in [0.2, 0.25) is 0 Å². The van der Waals surface area contributed by atoms with Gasteiger partial charge in [0, 0.05) is 19.0 Å². The third-order valence-electron chi connectivity index (χ3n) is 4.17. The van der Waals surface area contributed by atoms with Crippen molar-refractivity contribution in [2.75, 3.05) is 6.54 Å². The second-order valence-electron chi connectivity index (χ2n) is 5.05. The van der Waals surface area contributed by atoms with Gasteiger partial charge in [0.25, 0.3) is 0 Å². The monoisotopic (exact) mass is 241 g/mol. The van der Waals surface area contributed by atoms with E-state index in [2.05, 4.69) is 0 Å². The molecule has 0 radical (unpaired) electrons. The molecule has 0 aromatic heterocycles. The number of carbonyl (C=O) groups is 2. The van der Waals surface area contributed by atoms with E-state index in [9.17, 15) is 14.7 Å². The number of amides is 1. The van der Waals surface area contributed by atoms with Crippen LogP contribution in [0.4, 0.5) is 0 Å². The van der Waals surface area contributed by atoms with Crippen LogP contribution in [-0.2, 0) is 9.59 Å². The molecule has 1 aliphatic rings. The van der Waals surface area contributed by atoms with Crippen LogP contribution in [0.5, 0.6) is 0 Å². The highest BCUT2D eigenvalue weighted by Gasteiger charge is 2.39. The molecule has 1 atom stereocenters. The summed E-state index contributed by atoms with van der Waals surface area (Å²) < 4.78 is 0. The zero-order valence-corrected chi connectivity index (χ0v) is 11.0. The van der Waals surface area contributed by atoms with Gasteiger partial charge in [-0.15, -0.1) is 0 Å². The van der Waals surface area contributed by atoms with Crippen molar-refractivity contribution >= 4 is 11.9 Å². The van der Waals surface area contributed by atoms with Crippen molar-refractivity contribution in [3.8, 4) is 0 Å². The number of rotatable bonds is 5. The van der Waals surface area contributed by atoms with E-state index in [1.165, 1.54) is 0 Å². The molecule has 1 aliphatic heterocycles. The van der Waals surface area contributed by atoms with Crippen molar-refractivity contribution in [2.24, 2.45) is 5.41 Å². The summed E-state index contributed by atoms with van der Waals surface area (Å²) in [6.45, 7) is 6.50. The molecular weight excluding hydrogens is 218 g/mol. The first-order chi connectivity index (χ1) is 7.96. The summed E-state index contributed by atoms with van der Waals surface area (Å²) in [5.74, 6) is -0.844. The first kappa shape index (κ1) is 14.0. The van der Waals surface area contributed by atoms with Crippen LogP contribution in [0.1, 0.15) is 52.9 Å². The van der Waals surface area contributed by atoms with Crippen molar-refractivity contribution in [3.05, 3.63) is 0 Å². The fourth-order valence-electron chi connectivity index (χ4n) is 2.57. The van der Waals surface area contributed by atoms with Gasteiger partial charge in [-0.25, -0.2) is 0 Å². The van der Waals surface area contributed by atoms with Crippen molar-refractivity contribution in [1.29, 1.82) is 0 Å². The first-order valence-electron chi connectivity index (χ1n) is 6.49. The van der Waals surface area contributed by atoms with Crippen LogP contribution in [0.25, 0.3) is 0 Å². The minimum Gasteiger partial charge on any atom is -0.481 e. The molecule has 1 rings (SSSR count). The summed E-state index contributed by atoms with van der Waals surface area (Å²) in [4.78, 5) is 25.3. The Kier molecular flexibility index (Phi) is 4.54. The number of carbonyl (C=O) groups excluding carboxylic acids is 1. The lowest BCUT2D eigenvalue weighted by atomic mass is 9.79. The normalized spacial score (nSPS) is 20.6. The van der Waals surface area contributed by atoms with E-state index < -0.39 is 11.4 Å². The SMILES string of the molecule is CCC(CC)(CC(=O)N1CCCC1C)C(=O)O. The Hall–Kier alpha value is -1.06. The van der Waals surface area contributed by atoms with Crippen LogP contribution < -0.4 is 0 Å². The molecule has 17 heavy (non-hydrogen) atoms. The second kappa shape index (κ2) is 5.52. The van der Waals surface area contributed by atoms with Gasteiger partial charge in [-0.3, -0.25) is 9.59 Å². The third kappa shape index (κ3) is 2.79. The van der Waals surface area contributed by atoms with Crippen molar-refractivity contribution in [2.45, 2.75) is 58.9 Å². The van der Waals surface area contributed by atoms with E-state index in [-0.39, 0.29) is 18.4 Å². The van der Waals surface area contributed by atoms with Gasteiger partial charge in [0.2, 0.25) is 5.91 Å². The van der Waals surface area contributed by atoms with Crippen LogP contribution >= 0.6 is 0 Å². The molecule has 1 fully saturated rings. The number of aliphatic carboxylic acids is 1. The minimum absolute atomic E-state index is 0.00102. The lowest BCUT2D eigenvalue weighted by molar-refractivity contribution is -0.154. The Bertz CT molecular complexity index is 297. The Morgan fingerprint density at radius 3 is 2.29 bits per heavy atom. The van der Waals surface area contributed by atoms with Crippen molar-refractivity contribution in [3.63, 3.8) is 0 Å². The van der Waals surface area contributed by atoms with Gasteiger partial charge in [-0.2, -0.15) is 0 Å². The highest BCUT2D eigenvalue weighted by molar-refractivity contribution is 5.85. The molecule has 98 valence electrons. The molecule has 0 bridgehead atoms. The maximum Gasteiger partial charge on any atom is 0.310 e. The van der Waals surface area contributed by atoms with Crippen LogP contribution in [-0.4, -0.2) is 34.5 Å². The Morgan fingerprint density at radius 2 is 1.94 bits per heavy atom. The van der Waals surface area contributed by atoms with Crippen molar-refractivity contribution < 1.29 is 14.7 Å². The van der Waals surface area contributed by atoms with E-state index in [1.807, 2.05) is 25.7 Å². The van der Waals surface area contributed by atoms with Gasteiger partial charge < -0.3 is 10.0 Å². The summed E-state index contributed by atoms with van der Waals surface area (Å²) in [6.07, 6.45) is 3.22. The van der Waals surface area contributed by atoms with Gasteiger partial charge in [-0.05, 0) is 32.6 Å².